The van der Waals surface area contributed by atoms with E-state index >= 15 is 4.79 Å². The number of phenolic OH excluding ortho intramolecular Hbond substituents is 1. The molecule has 1 fully saturated rings. The van der Waals surface area contributed by atoms with Crippen LogP contribution in [0.25, 0.3) is 10.9 Å². The van der Waals surface area contributed by atoms with Crippen LogP contribution in [0, 0.1) is 25.2 Å². The van der Waals surface area contributed by atoms with Crippen molar-refractivity contribution in [3.8, 4) is 40.6 Å². The van der Waals surface area contributed by atoms with Crippen molar-refractivity contribution in [3.63, 3.8) is 0 Å². The van der Waals surface area contributed by atoms with Crippen LogP contribution in [-0.4, -0.2) is 108 Å². The molecular formula is C44H47N5O11S. The molecule has 1 saturated heterocycles. The lowest BCUT2D eigenvalue weighted by molar-refractivity contribution is -0.157. The third-order valence-corrected chi connectivity index (χ3v) is 14.3. The molecule has 2 bridgehead atoms. The summed E-state index contributed by atoms with van der Waals surface area (Å²) in [7, 11) is 6.88. The van der Waals surface area contributed by atoms with Crippen LogP contribution >= 0.6 is 11.8 Å². The summed E-state index contributed by atoms with van der Waals surface area (Å²) in [5.41, 5.74) is 4.04. The molecule has 4 aromatic rings. The summed E-state index contributed by atoms with van der Waals surface area (Å²) >= 11 is 1.49. The Morgan fingerprint density at radius 2 is 1.82 bits per heavy atom. The highest BCUT2D eigenvalue weighted by molar-refractivity contribution is 7.99. The zero-order valence-corrected chi connectivity index (χ0v) is 35.7. The van der Waals surface area contributed by atoms with Crippen LogP contribution in [0.15, 0.2) is 24.3 Å². The van der Waals surface area contributed by atoms with E-state index in [-0.39, 0.29) is 49.9 Å². The average Bonchev–Trinajstić information content (AvgIpc) is 3.83. The Balaban J connectivity index is 1.31. The minimum Gasteiger partial charge on any atom is -0.504 e. The number of ether oxygens (including phenoxy) is 6. The number of carboxylic acids is 1. The smallest absolute Gasteiger partial charge is 0.332 e. The third kappa shape index (κ3) is 6.09. The van der Waals surface area contributed by atoms with E-state index in [0.29, 0.717) is 67.6 Å². The molecule has 7 heterocycles. The summed E-state index contributed by atoms with van der Waals surface area (Å²) in [5, 5.41) is 37.3. The molecule has 6 aliphatic rings. The predicted octanol–water partition coefficient (Wildman–Crippen LogP) is 4.85. The number of carbonyl (C=O) groups excluding carboxylic acids is 2. The summed E-state index contributed by atoms with van der Waals surface area (Å²) in [6, 6.07) is 5.90. The number of nitrogens with zero attached hydrogens (tertiary/aromatic N) is 3. The topological polar surface area (TPSA) is 205 Å². The molecule has 2 unspecified atom stereocenters. The van der Waals surface area contributed by atoms with Crippen molar-refractivity contribution in [3.05, 3.63) is 68.9 Å². The van der Waals surface area contributed by atoms with Crippen molar-refractivity contribution >= 4 is 40.6 Å². The number of methoxy groups -OCH3 is 2. The zero-order chi connectivity index (χ0) is 43.2. The van der Waals surface area contributed by atoms with Crippen molar-refractivity contribution in [2.24, 2.45) is 0 Å². The fourth-order valence-electron chi connectivity index (χ4n) is 10.5. The molecule has 7 atom stereocenters. The Morgan fingerprint density at radius 1 is 1.05 bits per heavy atom. The van der Waals surface area contributed by atoms with Crippen molar-refractivity contribution in [2.75, 3.05) is 47.5 Å². The van der Waals surface area contributed by atoms with Crippen LogP contribution < -0.4 is 29.0 Å². The SMILES string of the molecule is COc1ccc2[nH]c3c(c2c1)CC(C(=O)O)N[C@]31CCS[C@@H]2c3c(OC(C)=O)c(C)c4c(c3[C@H](COC1=O)N1C(C#N)Cc3cc(C)c(OC)c(O)c3[C@H](N(C)C)[C@H]21)OCO4. The molecule has 17 heteroatoms. The number of benzene rings is 3. The molecule has 0 saturated carbocycles. The number of nitrogens with one attached hydrogen (secondary N) is 2. The second-order valence-corrected chi connectivity index (χ2v) is 17.7. The lowest BCUT2D eigenvalue weighted by Crippen LogP contribution is -2.60. The highest BCUT2D eigenvalue weighted by Crippen LogP contribution is 2.63. The molecule has 3 aromatic carbocycles. The number of aromatic hydroxyl groups is 1. The van der Waals surface area contributed by atoms with Gasteiger partial charge in [-0.05, 0) is 75.0 Å². The van der Waals surface area contributed by atoms with Gasteiger partial charge in [0.15, 0.2) is 28.5 Å². The maximum Gasteiger partial charge on any atom is 0.332 e. The van der Waals surface area contributed by atoms with Gasteiger partial charge in [0.05, 0.1) is 43.3 Å². The van der Waals surface area contributed by atoms with Gasteiger partial charge in [-0.2, -0.15) is 17.0 Å². The number of nitriles is 1. The molecule has 6 aliphatic heterocycles. The summed E-state index contributed by atoms with van der Waals surface area (Å²) in [6.45, 7) is 4.55. The number of carboxylic acid groups (broad SMARTS) is 1. The number of carbonyl (C=O) groups is 3. The first-order chi connectivity index (χ1) is 29.2. The largest absolute Gasteiger partial charge is 0.504 e. The van der Waals surface area contributed by atoms with Gasteiger partial charge in [-0.25, -0.2) is 4.79 Å². The van der Waals surface area contributed by atoms with Crippen LogP contribution in [-0.2, 0) is 37.5 Å². The number of esters is 2. The summed E-state index contributed by atoms with van der Waals surface area (Å²) in [6.07, 6.45) is 0.384. The summed E-state index contributed by atoms with van der Waals surface area (Å²) in [5.74, 6) is -0.209. The first-order valence-corrected chi connectivity index (χ1v) is 21.1. The number of phenols is 1. The predicted molar refractivity (Wildman–Crippen MR) is 221 cm³/mol. The minimum atomic E-state index is -1.65. The fraction of sp³-hybridized carbons (Fsp3) is 0.455. The monoisotopic (exact) mass is 853 g/mol. The summed E-state index contributed by atoms with van der Waals surface area (Å²) < 4.78 is 36.3. The van der Waals surface area contributed by atoms with Crippen LogP contribution in [0.1, 0.15) is 75.3 Å². The first kappa shape index (κ1) is 40.7. The molecule has 16 nitrogen and oxygen atoms in total. The van der Waals surface area contributed by atoms with E-state index in [9.17, 15) is 25.1 Å². The highest BCUT2D eigenvalue weighted by atomic mass is 32.2. The van der Waals surface area contributed by atoms with Crippen molar-refractivity contribution < 1.29 is 53.0 Å². The molecule has 4 N–H and O–H groups in total. The Bertz CT molecular complexity index is 2570. The van der Waals surface area contributed by atoms with Gasteiger partial charge in [0.2, 0.25) is 6.79 Å². The zero-order valence-electron chi connectivity index (χ0n) is 34.8. The number of aliphatic carboxylic acids is 1. The van der Waals surface area contributed by atoms with Crippen molar-refractivity contribution in [1.82, 2.24) is 20.1 Å². The molecule has 0 aliphatic carbocycles. The lowest BCUT2D eigenvalue weighted by Gasteiger charge is -2.51. The number of H-pyrrole nitrogens is 1. The number of likely N-dealkylation sites (N-methyl/N-ethyl adjacent to an activating group) is 1. The molecular weight excluding hydrogens is 807 g/mol. The molecule has 1 spiro atoms. The minimum absolute atomic E-state index is 0.0355. The lowest BCUT2D eigenvalue weighted by atomic mass is 9.80. The van der Waals surface area contributed by atoms with Crippen LogP contribution in [0.3, 0.4) is 0 Å². The first-order valence-electron chi connectivity index (χ1n) is 20.1. The standard InChI is InChI=1S/C44H47N5O11S/c1-19-12-22-13-23(16-45)49-29-17-57-43(54)44(41-26(15-28(47-44)42(52)53)25-14-24(55-6)8-9-27(25)46-41)10-11-61-40(34(49)33(48(4)5)30(22)35(51)36(19)56-7)32-31(29)39-38(58-18-59-39)20(2)37(32)60-21(3)50/h8-9,12,14,23,28-29,33-34,40,46-47,51H,10-11,13,15,17-18H2,1-7H3,(H,52,53)/t23?,28?,29-,33-,34+,40+,44+/m0/s1. The quantitative estimate of drug-likeness (QED) is 0.156. The molecule has 1 aromatic heterocycles. The molecule has 0 amide bonds. The van der Waals surface area contributed by atoms with Crippen LogP contribution in [0.5, 0.6) is 34.5 Å². The Morgan fingerprint density at radius 3 is 2.51 bits per heavy atom. The average molecular weight is 854 g/mol. The van der Waals surface area contributed by atoms with Crippen molar-refractivity contribution in [2.45, 2.75) is 81.0 Å². The van der Waals surface area contributed by atoms with E-state index in [1.54, 1.807) is 20.1 Å². The normalized spacial score (nSPS) is 26.6. The van der Waals surface area contributed by atoms with Gasteiger partial charge >= 0.3 is 17.9 Å². The Kier molecular flexibility index (Phi) is 10.0. The molecule has 320 valence electrons. The molecule has 61 heavy (non-hydrogen) atoms. The van der Waals surface area contributed by atoms with Gasteiger partial charge in [-0.1, -0.05) is 6.07 Å². The van der Waals surface area contributed by atoms with E-state index in [1.165, 1.54) is 25.8 Å². The van der Waals surface area contributed by atoms with Gasteiger partial charge in [-0.15, -0.1) is 0 Å². The van der Waals surface area contributed by atoms with Crippen molar-refractivity contribution in [1.29, 1.82) is 5.26 Å². The summed E-state index contributed by atoms with van der Waals surface area (Å²) in [4.78, 5) is 48.7. The number of thioether (sulfide) groups is 1. The van der Waals surface area contributed by atoms with E-state index in [1.807, 2.05) is 44.1 Å². The molecule has 10 rings (SSSR count). The fourth-order valence-corrected chi connectivity index (χ4v) is 12.1. The van der Waals surface area contributed by atoms with Crippen LogP contribution in [0.4, 0.5) is 0 Å². The van der Waals surface area contributed by atoms with E-state index in [4.69, 9.17) is 28.4 Å². The second-order valence-electron chi connectivity index (χ2n) is 16.5. The van der Waals surface area contributed by atoms with Gasteiger partial charge in [0, 0.05) is 59.0 Å². The number of aryl methyl sites for hydroxylation is 1. The third-order valence-electron chi connectivity index (χ3n) is 13.0. The second kappa shape index (κ2) is 15.0. The Hall–Kier alpha value is -5.67. The van der Waals surface area contributed by atoms with Crippen LogP contribution in [0.2, 0.25) is 0 Å². The number of aromatic nitrogens is 1. The number of fused-ring (bicyclic) bond motifs is 9. The Labute approximate surface area is 356 Å². The van der Waals surface area contributed by atoms with Gasteiger partial charge < -0.3 is 48.5 Å². The number of rotatable bonds is 5. The maximum absolute atomic E-state index is 15.2. The maximum atomic E-state index is 15.2. The number of hydrogen-bond acceptors (Lipinski definition) is 15. The van der Waals surface area contributed by atoms with E-state index in [0.717, 1.165) is 10.9 Å². The molecule has 0 radical (unpaired) electrons. The highest BCUT2D eigenvalue weighted by Gasteiger charge is 2.57. The van der Waals surface area contributed by atoms with Gasteiger partial charge in [-0.3, -0.25) is 19.8 Å². The van der Waals surface area contributed by atoms with E-state index < -0.39 is 58.9 Å². The van der Waals surface area contributed by atoms with Gasteiger partial charge in [0.25, 0.3) is 0 Å². The van der Waals surface area contributed by atoms with Gasteiger partial charge in [0.1, 0.15) is 30.2 Å². The number of hydrogen-bond donors (Lipinski definition) is 4. The van der Waals surface area contributed by atoms with E-state index in [2.05, 4.69) is 21.3 Å². The number of aromatic amines is 1.